The number of hydrogen-bond acceptors (Lipinski definition) is 4. The van der Waals surface area contributed by atoms with E-state index in [1.54, 1.807) is 30.1 Å². The predicted molar refractivity (Wildman–Crippen MR) is 112 cm³/mol. The number of hydrazone groups is 1. The summed E-state index contributed by atoms with van der Waals surface area (Å²) in [5.74, 6) is -0.0298. The number of anilines is 1. The molecule has 2 aromatic carbocycles. The summed E-state index contributed by atoms with van der Waals surface area (Å²) in [4.78, 5) is 12.5. The first-order chi connectivity index (χ1) is 13.3. The maximum absolute atomic E-state index is 12.5. The number of nitrogens with zero attached hydrogens (tertiary/aromatic N) is 2. The number of carbonyl (C=O) groups is 1. The van der Waals surface area contributed by atoms with Crippen LogP contribution in [0, 0.1) is 6.92 Å². The van der Waals surface area contributed by atoms with Gasteiger partial charge in [0.25, 0.3) is 0 Å². The Morgan fingerprint density at radius 2 is 1.93 bits per heavy atom. The molecule has 2 aromatic rings. The molecule has 7 heteroatoms. The second kappa shape index (κ2) is 8.14. The third kappa shape index (κ3) is 4.25. The van der Waals surface area contributed by atoms with Crippen molar-refractivity contribution in [1.29, 1.82) is 0 Å². The number of amides is 1. The van der Waals surface area contributed by atoms with E-state index in [1.807, 2.05) is 44.2 Å². The number of hydrogen-bond donors (Lipinski definition) is 1. The molecule has 1 atom stereocenters. The van der Waals surface area contributed by atoms with Crippen molar-refractivity contribution in [3.05, 3.63) is 65.2 Å². The average Bonchev–Trinajstić information content (AvgIpc) is 3.13. The maximum Gasteiger partial charge on any atom is 0.242 e. The van der Waals surface area contributed by atoms with Gasteiger partial charge in [0, 0.05) is 18.5 Å². The van der Waals surface area contributed by atoms with Crippen LogP contribution in [0.2, 0.25) is 0 Å². The van der Waals surface area contributed by atoms with E-state index >= 15 is 0 Å². The molecule has 3 rings (SSSR count). The first-order valence-corrected chi connectivity index (χ1v) is 11.1. The lowest BCUT2D eigenvalue weighted by atomic mass is 9.95. The topological polar surface area (TPSA) is 78.8 Å². The van der Waals surface area contributed by atoms with Crippen LogP contribution < -0.4 is 4.72 Å². The van der Waals surface area contributed by atoms with Gasteiger partial charge in [-0.15, -0.1) is 0 Å². The molecule has 0 saturated heterocycles. The summed E-state index contributed by atoms with van der Waals surface area (Å²) in [6, 6.07) is 15.0. The summed E-state index contributed by atoms with van der Waals surface area (Å²) in [5, 5.41) is 6.18. The van der Waals surface area contributed by atoms with Crippen LogP contribution in [0.15, 0.2) is 53.6 Å². The van der Waals surface area contributed by atoms with Crippen LogP contribution in [0.5, 0.6) is 0 Å². The fraction of sp³-hybridized carbons (Fsp3) is 0.333. The Morgan fingerprint density at radius 1 is 1.18 bits per heavy atom. The predicted octanol–water partition coefficient (Wildman–Crippen LogP) is 3.84. The zero-order valence-corrected chi connectivity index (χ0v) is 17.2. The van der Waals surface area contributed by atoms with Gasteiger partial charge >= 0.3 is 0 Å². The van der Waals surface area contributed by atoms with E-state index in [9.17, 15) is 13.2 Å². The van der Waals surface area contributed by atoms with Crippen LogP contribution in [-0.2, 0) is 14.8 Å². The van der Waals surface area contributed by atoms with Crippen molar-refractivity contribution in [2.45, 2.75) is 39.7 Å². The van der Waals surface area contributed by atoms with Gasteiger partial charge in [0.15, 0.2) is 0 Å². The lowest BCUT2D eigenvalue weighted by Gasteiger charge is -2.23. The fourth-order valence-corrected chi connectivity index (χ4v) is 3.92. The van der Waals surface area contributed by atoms with Crippen molar-refractivity contribution < 1.29 is 13.2 Å². The van der Waals surface area contributed by atoms with Crippen molar-refractivity contribution in [3.8, 4) is 0 Å². The number of carbonyl (C=O) groups excluding carboxylic acids is 1. The molecule has 1 unspecified atom stereocenters. The van der Waals surface area contributed by atoms with Gasteiger partial charge in [-0.3, -0.25) is 9.52 Å². The Bertz CT molecular complexity index is 1020. The molecule has 1 amide bonds. The van der Waals surface area contributed by atoms with Crippen LogP contribution in [0.3, 0.4) is 0 Å². The summed E-state index contributed by atoms with van der Waals surface area (Å²) in [5.41, 5.74) is 4.26. The van der Waals surface area contributed by atoms with E-state index in [4.69, 9.17) is 0 Å². The van der Waals surface area contributed by atoms with Crippen molar-refractivity contribution in [1.82, 2.24) is 5.01 Å². The minimum atomic E-state index is -3.35. The second-order valence-electron chi connectivity index (χ2n) is 6.80. The van der Waals surface area contributed by atoms with Crippen molar-refractivity contribution in [2.24, 2.45) is 5.10 Å². The number of nitrogens with one attached hydrogen (secondary N) is 1. The van der Waals surface area contributed by atoms with Crippen molar-refractivity contribution >= 4 is 27.3 Å². The van der Waals surface area contributed by atoms with Gasteiger partial charge in [-0.05, 0) is 42.7 Å². The summed E-state index contributed by atoms with van der Waals surface area (Å²) >= 11 is 0. The van der Waals surface area contributed by atoms with Crippen molar-refractivity contribution in [3.63, 3.8) is 0 Å². The van der Waals surface area contributed by atoms with Crippen LogP contribution in [0.1, 0.15) is 49.4 Å². The molecule has 1 aliphatic rings. The molecule has 28 heavy (non-hydrogen) atoms. The highest BCUT2D eigenvalue weighted by molar-refractivity contribution is 7.92. The lowest BCUT2D eigenvalue weighted by molar-refractivity contribution is -0.132. The number of sulfonamides is 1. The van der Waals surface area contributed by atoms with Crippen molar-refractivity contribution in [2.75, 3.05) is 10.5 Å². The van der Waals surface area contributed by atoms with Gasteiger partial charge in [-0.2, -0.15) is 5.10 Å². The van der Waals surface area contributed by atoms with E-state index in [1.165, 1.54) is 0 Å². The number of aryl methyl sites for hydroxylation is 1. The molecule has 0 aromatic heterocycles. The minimum Gasteiger partial charge on any atom is -0.284 e. The Kier molecular flexibility index (Phi) is 5.84. The summed E-state index contributed by atoms with van der Waals surface area (Å²) < 4.78 is 26.3. The van der Waals surface area contributed by atoms with Crippen LogP contribution in [0.4, 0.5) is 5.69 Å². The smallest absolute Gasteiger partial charge is 0.242 e. The molecule has 6 nitrogen and oxygen atoms in total. The monoisotopic (exact) mass is 399 g/mol. The van der Waals surface area contributed by atoms with Gasteiger partial charge in [0.05, 0.1) is 17.5 Å². The van der Waals surface area contributed by atoms with Gasteiger partial charge in [0.1, 0.15) is 0 Å². The molecule has 0 radical (unpaired) electrons. The first kappa shape index (κ1) is 20.1. The largest absolute Gasteiger partial charge is 0.284 e. The molecule has 148 valence electrons. The van der Waals surface area contributed by atoms with E-state index < -0.39 is 10.0 Å². The zero-order chi connectivity index (χ0) is 20.3. The Balaban J connectivity index is 1.95. The van der Waals surface area contributed by atoms with Crippen LogP contribution in [0.25, 0.3) is 0 Å². The molecular formula is C21H25N3O3S. The number of benzene rings is 2. The highest BCUT2D eigenvalue weighted by Gasteiger charge is 2.33. The molecule has 0 aliphatic carbocycles. The standard InChI is InChI=1S/C21H25N3O3S/c1-4-21(25)24-20(18-12-7-6-9-15(18)3)14-19(22-24)16-10-8-11-17(13-16)23-28(26,27)5-2/h6-13,20,23H,4-5,14H2,1-3H3. The summed E-state index contributed by atoms with van der Waals surface area (Å²) in [7, 11) is -3.35. The Morgan fingerprint density at radius 3 is 2.61 bits per heavy atom. The average molecular weight is 400 g/mol. The molecule has 0 bridgehead atoms. The summed E-state index contributed by atoms with van der Waals surface area (Å²) in [6.45, 7) is 5.45. The lowest BCUT2D eigenvalue weighted by Crippen LogP contribution is -2.26. The second-order valence-corrected chi connectivity index (χ2v) is 8.81. The zero-order valence-electron chi connectivity index (χ0n) is 16.3. The van der Waals surface area contributed by atoms with Gasteiger partial charge < -0.3 is 0 Å². The van der Waals surface area contributed by atoms with Gasteiger partial charge in [-0.1, -0.05) is 43.3 Å². The molecule has 0 spiro atoms. The van der Waals surface area contributed by atoms with E-state index in [0.29, 0.717) is 18.5 Å². The van der Waals surface area contributed by atoms with E-state index in [-0.39, 0.29) is 17.7 Å². The molecule has 1 aliphatic heterocycles. The van der Waals surface area contributed by atoms with Crippen LogP contribution in [-0.4, -0.2) is 30.8 Å². The van der Waals surface area contributed by atoms with Crippen LogP contribution >= 0.6 is 0 Å². The van der Waals surface area contributed by atoms with E-state index in [0.717, 1.165) is 22.4 Å². The first-order valence-electron chi connectivity index (χ1n) is 9.40. The normalized spacial score (nSPS) is 16.8. The SMILES string of the molecule is CCC(=O)N1N=C(c2cccc(NS(=O)(=O)CC)c2)CC1c1ccccc1C. The molecule has 0 fully saturated rings. The summed E-state index contributed by atoms with van der Waals surface area (Å²) in [6.07, 6.45) is 0.954. The van der Waals surface area contributed by atoms with E-state index in [2.05, 4.69) is 9.82 Å². The van der Waals surface area contributed by atoms with Gasteiger partial charge in [-0.25, -0.2) is 13.4 Å². The molecule has 0 saturated carbocycles. The molecular weight excluding hydrogens is 374 g/mol. The fourth-order valence-electron chi connectivity index (χ4n) is 3.29. The Labute approximate surface area is 166 Å². The third-order valence-electron chi connectivity index (χ3n) is 4.86. The highest BCUT2D eigenvalue weighted by atomic mass is 32.2. The molecule has 1 N–H and O–H groups in total. The minimum absolute atomic E-state index is 0.00626. The third-order valence-corrected chi connectivity index (χ3v) is 6.17. The molecule has 1 heterocycles. The highest BCUT2D eigenvalue weighted by Crippen LogP contribution is 2.35. The maximum atomic E-state index is 12.5. The van der Waals surface area contributed by atoms with Gasteiger partial charge in [0.2, 0.25) is 15.9 Å². The Hall–Kier alpha value is -2.67. The number of rotatable bonds is 6. The quantitative estimate of drug-likeness (QED) is 0.801.